The second-order valence-corrected chi connectivity index (χ2v) is 5.07. The molecule has 0 bridgehead atoms. The maximum Gasteiger partial charge on any atom is 0.0959 e. The topological polar surface area (TPSA) is 24.9 Å². The normalized spacial score (nSPS) is 21.5. The van der Waals surface area contributed by atoms with Crippen LogP contribution in [0.4, 0.5) is 0 Å². The molecule has 0 spiro atoms. The first kappa shape index (κ1) is 11.0. The van der Waals surface area contributed by atoms with E-state index >= 15 is 0 Å². The van der Waals surface area contributed by atoms with E-state index in [2.05, 4.69) is 16.4 Å². The van der Waals surface area contributed by atoms with E-state index in [9.17, 15) is 0 Å². The van der Waals surface area contributed by atoms with E-state index in [4.69, 9.17) is 0 Å². The SMILES string of the molecule is c1ccc(SCC[C@@H]2CCCCN2)nc1. The van der Waals surface area contributed by atoms with E-state index in [1.807, 2.05) is 30.1 Å². The summed E-state index contributed by atoms with van der Waals surface area (Å²) in [5.41, 5.74) is 0. The monoisotopic (exact) mass is 222 g/mol. The molecule has 0 aliphatic carbocycles. The van der Waals surface area contributed by atoms with Crippen LogP contribution in [0.3, 0.4) is 0 Å². The molecular weight excluding hydrogens is 204 g/mol. The lowest BCUT2D eigenvalue weighted by molar-refractivity contribution is 0.394. The number of rotatable bonds is 4. The summed E-state index contributed by atoms with van der Waals surface area (Å²) in [6.45, 7) is 1.21. The van der Waals surface area contributed by atoms with Crippen LogP contribution in [0.1, 0.15) is 25.7 Å². The number of nitrogens with zero attached hydrogens (tertiary/aromatic N) is 1. The minimum atomic E-state index is 0.745. The van der Waals surface area contributed by atoms with E-state index in [0.29, 0.717) is 0 Å². The van der Waals surface area contributed by atoms with Gasteiger partial charge in [0.25, 0.3) is 0 Å². The Bertz CT molecular complexity index is 270. The van der Waals surface area contributed by atoms with Crippen molar-refractivity contribution < 1.29 is 0 Å². The highest BCUT2D eigenvalue weighted by Crippen LogP contribution is 2.18. The molecule has 0 aromatic carbocycles. The summed E-state index contributed by atoms with van der Waals surface area (Å²) >= 11 is 1.86. The van der Waals surface area contributed by atoms with Crippen molar-refractivity contribution in [2.75, 3.05) is 12.3 Å². The molecule has 2 nitrogen and oxygen atoms in total. The van der Waals surface area contributed by atoms with Crippen molar-refractivity contribution in [3.63, 3.8) is 0 Å². The van der Waals surface area contributed by atoms with Crippen molar-refractivity contribution in [3.8, 4) is 0 Å². The molecule has 1 aromatic rings. The lowest BCUT2D eigenvalue weighted by Gasteiger charge is -2.22. The Kier molecular flexibility index (Phi) is 4.48. The Morgan fingerprint density at radius 3 is 3.13 bits per heavy atom. The van der Waals surface area contributed by atoms with Crippen molar-refractivity contribution in [2.24, 2.45) is 0 Å². The summed E-state index contributed by atoms with van der Waals surface area (Å²) in [5, 5.41) is 4.72. The van der Waals surface area contributed by atoms with Crippen LogP contribution in [0, 0.1) is 0 Å². The Balaban J connectivity index is 1.66. The maximum absolute atomic E-state index is 4.30. The first-order valence-corrected chi connectivity index (χ1v) is 6.71. The molecule has 1 saturated heterocycles. The van der Waals surface area contributed by atoms with Gasteiger partial charge in [0.2, 0.25) is 0 Å². The van der Waals surface area contributed by atoms with Crippen LogP contribution in [0.15, 0.2) is 29.4 Å². The average Bonchev–Trinajstić information content (AvgIpc) is 2.32. The minimum absolute atomic E-state index is 0.745. The molecule has 1 fully saturated rings. The van der Waals surface area contributed by atoms with E-state index in [-0.39, 0.29) is 0 Å². The lowest BCUT2D eigenvalue weighted by atomic mass is 10.0. The molecule has 0 amide bonds. The van der Waals surface area contributed by atoms with Gasteiger partial charge in [-0.2, -0.15) is 0 Å². The Hall–Kier alpha value is -0.540. The fourth-order valence-corrected chi connectivity index (χ4v) is 2.83. The summed E-state index contributed by atoms with van der Waals surface area (Å²) < 4.78 is 0. The molecule has 1 atom stereocenters. The third-order valence-corrected chi connectivity index (χ3v) is 3.74. The van der Waals surface area contributed by atoms with Gasteiger partial charge in [-0.15, -0.1) is 11.8 Å². The van der Waals surface area contributed by atoms with Gasteiger partial charge in [0.15, 0.2) is 0 Å². The van der Waals surface area contributed by atoms with Crippen LogP contribution in [-0.2, 0) is 0 Å². The summed E-state index contributed by atoms with van der Waals surface area (Å²) in [6.07, 6.45) is 7.22. The maximum atomic E-state index is 4.30. The second-order valence-electron chi connectivity index (χ2n) is 3.95. The van der Waals surface area contributed by atoms with Crippen LogP contribution in [0.2, 0.25) is 0 Å². The van der Waals surface area contributed by atoms with Gasteiger partial charge >= 0.3 is 0 Å². The van der Waals surface area contributed by atoms with Crippen molar-refractivity contribution in [2.45, 2.75) is 36.8 Å². The average molecular weight is 222 g/mol. The molecule has 0 radical (unpaired) electrons. The van der Waals surface area contributed by atoms with Gasteiger partial charge in [-0.3, -0.25) is 0 Å². The minimum Gasteiger partial charge on any atom is -0.314 e. The van der Waals surface area contributed by atoms with Crippen molar-refractivity contribution in [1.29, 1.82) is 0 Å². The summed E-state index contributed by atoms with van der Waals surface area (Å²) in [6, 6.07) is 6.84. The zero-order valence-electron chi connectivity index (χ0n) is 8.98. The zero-order chi connectivity index (χ0) is 10.3. The standard InChI is InChI=1S/C12H18N2S/c1-3-8-13-11(5-1)7-10-15-12-6-2-4-9-14-12/h2,4,6,9,11,13H,1,3,5,7-8,10H2/t11-/m0/s1. The van der Waals surface area contributed by atoms with Gasteiger partial charge < -0.3 is 5.32 Å². The summed E-state index contributed by atoms with van der Waals surface area (Å²) in [5.74, 6) is 1.18. The van der Waals surface area contributed by atoms with Crippen LogP contribution in [0.25, 0.3) is 0 Å². The van der Waals surface area contributed by atoms with E-state index < -0.39 is 0 Å². The van der Waals surface area contributed by atoms with Gasteiger partial charge in [0.05, 0.1) is 5.03 Å². The van der Waals surface area contributed by atoms with Gasteiger partial charge in [0.1, 0.15) is 0 Å². The van der Waals surface area contributed by atoms with Gasteiger partial charge in [-0.05, 0) is 37.9 Å². The zero-order valence-corrected chi connectivity index (χ0v) is 9.80. The van der Waals surface area contributed by atoms with Crippen molar-refractivity contribution >= 4 is 11.8 Å². The van der Waals surface area contributed by atoms with Crippen LogP contribution in [-0.4, -0.2) is 23.3 Å². The Morgan fingerprint density at radius 1 is 1.40 bits per heavy atom. The highest BCUT2D eigenvalue weighted by molar-refractivity contribution is 7.99. The van der Waals surface area contributed by atoms with Crippen molar-refractivity contribution in [3.05, 3.63) is 24.4 Å². The fraction of sp³-hybridized carbons (Fsp3) is 0.583. The largest absolute Gasteiger partial charge is 0.314 e. The summed E-state index contributed by atoms with van der Waals surface area (Å²) in [4.78, 5) is 4.30. The molecule has 1 aromatic heterocycles. The van der Waals surface area contributed by atoms with Crippen LogP contribution >= 0.6 is 11.8 Å². The second kappa shape index (κ2) is 6.13. The Labute approximate surface area is 95.9 Å². The lowest BCUT2D eigenvalue weighted by Crippen LogP contribution is -2.34. The first-order chi connectivity index (χ1) is 7.45. The third-order valence-electron chi connectivity index (χ3n) is 2.77. The molecule has 0 saturated carbocycles. The number of aromatic nitrogens is 1. The molecule has 2 rings (SSSR count). The molecule has 82 valence electrons. The van der Waals surface area contributed by atoms with Crippen LogP contribution in [0.5, 0.6) is 0 Å². The number of hydrogen-bond acceptors (Lipinski definition) is 3. The molecule has 1 aliphatic rings. The van der Waals surface area contributed by atoms with Crippen LogP contribution < -0.4 is 5.32 Å². The van der Waals surface area contributed by atoms with Crippen molar-refractivity contribution in [1.82, 2.24) is 10.3 Å². The number of pyridine rings is 1. The Morgan fingerprint density at radius 2 is 2.40 bits per heavy atom. The predicted molar refractivity (Wildman–Crippen MR) is 65.2 cm³/mol. The van der Waals surface area contributed by atoms with Gasteiger partial charge in [-0.25, -0.2) is 4.98 Å². The van der Waals surface area contributed by atoms with E-state index in [1.165, 1.54) is 38.0 Å². The quantitative estimate of drug-likeness (QED) is 0.793. The van der Waals surface area contributed by atoms with Gasteiger partial charge in [-0.1, -0.05) is 12.5 Å². The number of hydrogen-bond donors (Lipinski definition) is 1. The van der Waals surface area contributed by atoms with Gasteiger partial charge in [0, 0.05) is 18.0 Å². The smallest absolute Gasteiger partial charge is 0.0959 e. The molecular formula is C12H18N2S. The highest BCUT2D eigenvalue weighted by atomic mass is 32.2. The summed E-state index contributed by atoms with van der Waals surface area (Å²) in [7, 11) is 0. The highest BCUT2D eigenvalue weighted by Gasteiger charge is 2.11. The molecule has 3 heteroatoms. The molecule has 15 heavy (non-hydrogen) atoms. The van der Waals surface area contributed by atoms with E-state index in [1.54, 1.807) is 0 Å². The number of piperidine rings is 1. The third kappa shape index (κ3) is 3.84. The molecule has 1 N–H and O–H groups in total. The molecule has 0 unspecified atom stereocenters. The fourth-order valence-electron chi connectivity index (χ4n) is 1.91. The first-order valence-electron chi connectivity index (χ1n) is 5.72. The molecule has 2 heterocycles. The van der Waals surface area contributed by atoms with E-state index in [0.717, 1.165) is 11.1 Å². The molecule has 1 aliphatic heterocycles. The predicted octanol–water partition coefficient (Wildman–Crippen LogP) is 2.71. The number of thioether (sulfide) groups is 1. The number of nitrogens with one attached hydrogen (secondary N) is 1.